The summed E-state index contributed by atoms with van der Waals surface area (Å²) in [5, 5.41) is -0.616. The third kappa shape index (κ3) is 4.13. The smallest absolute Gasteiger partial charge is 0.314 e. The van der Waals surface area contributed by atoms with E-state index in [1.165, 1.54) is 17.7 Å². The molecule has 1 unspecified atom stereocenters. The Morgan fingerprint density at radius 3 is 2.55 bits per heavy atom. The van der Waals surface area contributed by atoms with Crippen molar-refractivity contribution in [3.63, 3.8) is 0 Å². The van der Waals surface area contributed by atoms with E-state index in [2.05, 4.69) is 25.3 Å². The molecule has 29 heavy (non-hydrogen) atoms. The lowest BCUT2D eigenvalue weighted by Crippen LogP contribution is -2.35. The third-order valence-electron chi connectivity index (χ3n) is 5.85. The molecule has 0 spiro atoms. The number of rotatable bonds is 5. The molecule has 0 radical (unpaired) electrons. The predicted octanol–water partition coefficient (Wildman–Crippen LogP) is 2.96. The molecule has 4 rings (SSSR count). The molecule has 2 heterocycles. The van der Waals surface area contributed by atoms with Crippen molar-refractivity contribution < 1.29 is 13.2 Å². The van der Waals surface area contributed by atoms with E-state index in [0.717, 1.165) is 29.8 Å². The summed E-state index contributed by atoms with van der Waals surface area (Å²) in [6.07, 6.45) is 3.75. The van der Waals surface area contributed by atoms with Gasteiger partial charge >= 0.3 is 6.03 Å². The van der Waals surface area contributed by atoms with Crippen LogP contribution in [0.2, 0.25) is 0 Å². The quantitative estimate of drug-likeness (QED) is 0.807. The predicted molar refractivity (Wildman–Crippen MR) is 112 cm³/mol. The third-order valence-corrected chi connectivity index (χ3v) is 8.02. The van der Waals surface area contributed by atoms with Gasteiger partial charge in [0.15, 0.2) is 9.84 Å². The average molecular weight is 419 g/mol. The van der Waals surface area contributed by atoms with Gasteiger partial charge in [0, 0.05) is 26.1 Å². The molecule has 2 fully saturated rings. The Bertz CT molecular complexity index is 1050. The lowest BCUT2D eigenvalue weighted by Gasteiger charge is -2.18. The first kappa shape index (κ1) is 20.2. The highest BCUT2D eigenvalue weighted by Crippen LogP contribution is 2.34. The lowest BCUT2D eigenvalue weighted by molar-refractivity contribution is 0.218. The van der Waals surface area contributed by atoms with E-state index in [1.807, 2.05) is 6.07 Å². The number of sulfone groups is 1. The molecule has 1 saturated carbocycles. The number of aromatic nitrogens is 2. The molecule has 2 N–H and O–H groups in total. The molecule has 2 aromatic rings. The van der Waals surface area contributed by atoms with Crippen LogP contribution in [0.5, 0.6) is 0 Å². The minimum Gasteiger partial charge on any atom is -0.351 e. The number of primary amides is 1. The van der Waals surface area contributed by atoms with Crippen molar-refractivity contribution in [3.8, 4) is 0 Å². The number of carbonyl (C=O) groups excluding carboxylic acids is 1. The number of likely N-dealkylation sites (tertiary alicyclic amines) is 1. The van der Waals surface area contributed by atoms with E-state index in [-0.39, 0.29) is 16.9 Å². The second-order valence-electron chi connectivity index (χ2n) is 9.71. The first-order chi connectivity index (χ1) is 13.5. The van der Waals surface area contributed by atoms with E-state index < -0.39 is 21.1 Å². The molecule has 2 amide bonds. The van der Waals surface area contributed by atoms with Gasteiger partial charge in [-0.05, 0) is 48.8 Å². The molecule has 0 bridgehead atoms. The fourth-order valence-electron chi connectivity index (χ4n) is 4.08. The molecule has 1 aliphatic carbocycles. The van der Waals surface area contributed by atoms with E-state index >= 15 is 0 Å². The maximum Gasteiger partial charge on any atom is 0.314 e. The number of imidazole rings is 1. The Labute approximate surface area is 172 Å². The van der Waals surface area contributed by atoms with Gasteiger partial charge in [-0.3, -0.25) is 0 Å². The van der Waals surface area contributed by atoms with E-state index in [4.69, 9.17) is 10.7 Å². The highest BCUT2D eigenvalue weighted by atomic mass is 32.2. The van der Waals surface area contributed by atoms with Gasteiger partial charge in [-0.1, -0.05) is 20.8 Å². The lowest BCUT2D eigenvalue weighted by atomic mass is 9.92. The molecular weight excluding hydrogens is 388 g/mol. The first-order valence-electron chi connectivity index (χ1n) is 10.3. The van der Waals surface area contributed by atoms with Gasteiger partial charge in [-0.25, -0.2) is 18.2 Å². The first-order valence-corrected chi connectivity index (χ1v) is 11.9. The monoisotopic (exact) mass is 418 g/mol. The van der Waals surface area contributed by atoms with Crippen molar-refractivity contribution in [3.05, 3.63) is 24.0 Å². The van der Waals surface area contributed by atoms with Gasteiger partial charge in [0.2, 0.25) is 0 Å². The Morgan fingerprint density at radius 1 is 1.24 bits per heavy atom. The van der Waals surface area contributed by atoms with Crippen LogP contribution < -0.4 is 5.73 Å². The molecule has 1 saturated heterocycles. The van der Waals surface area contributed by atoms with Crippen LogP contribution in [0.4, 0.5) is 4.79 Å². The Hall–Kier alpha value is -2.09. The van der Waals surface area contributed by atoms with E-state index in [1.54, 1.807) is 12.1 Å². The molecule has 1 aliphatic heterocycles. The van der Waals surface area contributed by atoms with Gasteiger partial charge in [-0.15, -0.1) is 0 Å². The summed E-state index contributed by atoms with van der Waals surface area (Å²) in [5.74, 6) is 1.72. The summed E-state index contributed by atoms with van der Waals surface area (Å²) >= 11 is 0. The molecule has 1 atom stereocenters. The Morgan fingerprint density at radius 2 is 1.97 bits per heavy atom. The minimum absolute atomic E-state index is 0.0969. The molecule has 7 nitrogen and oxygen atoms in total. The van der Waals surface area contributed by atoms with Crippen molar-refractivity contribution in [2.24, 2.45) is 17.1 Å². The SMILES string of the molecule is CC(C)(C)Cc1nc2cc(S(=O)(=O)C3CCN(C(N)=O)C3)ccc2n1CC1CC1. The number of carbonyl (C=O) groups is 1. The van der Waals surface area contributed by atoms with Gasteiger partial charge in [0.25, 0.3) is 0 Å². The molecule has 1 aromatic heterocycles. The summed E-state index contributed by atoms with van der Waals surface area (Å²) in [4.78, 5) is 17.9. The van der Waals surface area contributed by atoms with Crippen LogP contribution in [0.25, 0.3) is 11.0 Å². The maximum absolute atomic E-state index is 13.1. The molecule has 8 heteroatoms. The summed E-state index contributed by atoms with van der Waals surface area (Å²) in [7, 11) is -3.54. The maximum atomic E-state index is 13.1. The van der Waals surface area contributed by atoms with Crippen LogP contribution in [0, 0.1) is 11.3 Å². The van der Waals surface area contributed by atoms with Gasteiger partial charge < -0.3 is 15.2 Å². The second kappa shape index (κ2) is 7.00. The largest absolute Gasteiger partial charge is 0.351 e. The van der Waals surface area contributed by atoms with E-state index in [0.29, 0.717) is 18.9 Å². The normalized spacial score (nSPS) is 20.5. The molecule has 2 aliphatic rings. The minimum atomic E-state index is -3.54. The van der Waals surface area contributed by atoms with Crippen LogP contribution >= 0.6 is 0 Å². The van der Waals surface area contributed by atoms with Crippen LogP contribution in [0.3, 0.4) is 0 Å². The highest BCUT2D eigenvalue weighted by molar-refractivity contribution is 7.92. The van der Waals surface area contributed by atoms with Crippen molar-refractivity contribution in [1.29, 1.82) is 0 Å². The summed E-state index contributed by atoms with van der Waals surface area (Å²) in [6, 6.07) is 4.72. The number of nitrogens with two attached hydrogens (primary N) is 1. The second-order valence-corrected chi connectivity index (χ2v) is 11.9. The van der Waals surface area contributed by atoms with Gasteiger partial charge in [-0.2, -0.15) is 0 Å². The number of amides is 2. The zero-order chi connectivity index (χ0) is 21.0. The number of hydrogen-bond donors (Lipinski definition) is 1. The van der Waals surface area contributed by atoms with Crippen molar-refractivity contribution >= 4 is 26.9 Å². The fraction of sp³-hybridized carbons (Fsp3) is 0.619. The number of urea groups is 1. The molecule has 158 valence electrons. The Kier molecular flexibility index (Phi) is 4.88. The fourth-order valence-corrected chi connectivity index (χ4v) is 5.79. The molecule has 1 aromatic carbocycles. The van der Waals surface area contributed by atoms with Crippen molar-refractivity contribution in [1.82, 2.24) is 14.5 Å². The number of fused-ring (bicyclic) bond motifs is 1. The number of benzene rings is 1. The van der Waals surface area contributed by atoms with Gasteiger partial charge in [0.05, 0.1) is 21.2 Å². The van der Waals surface area contributed by atoms with Crippen LogP contribution in [-0.2, 0) is 22.8 Å². The topological polar surface area (TPSA) is 98.3 Å². The van der Waals surface area contributed by atoms with Crippen molar-refractivity contribution in [2.45, 2.75) is 63.1 Å². The van der Waals surface area contributed by atoms with Crippen LogP contribution in [0.1, 0.15) is 45.9 Å². The van der Waals surface area contributed by atoms with Gasteiger partial charge in [0.1, 0.15) is 5.82 Å². The summed E-state index contributed by atoms with van der Waals surface area (Å²) < 4.78 is 28.6. The van der Waals surface area contributed by atoms with Crippen LogP contribution in [-0.4, -0.2) is 47.2 Å². The van der Waals surface area contributed by atoms with E-state index in [9.17, 15) is 13.2 Å². The average Bonchev–Trinajstić information content (AvgIpc) is 3.17. The zero-order valence-corrected chi connectivity index (χ0v) is 18.2. The van der Waals surface area contributed by atoms with Crippen molar-refractivity contribution in [2.75, 3.05) is 13.1 Å². The summed E-state index contributed by atoms with van der Waals surface area (Å²) in [6.45, 7) is 8.05. The molecular formula is C21H30N4O3S. The summed E-state index contributed by atoms with van der Waals surface area (Å²) in [5.41, 5.74) is 7.14. The standard InChI is InChI=1S/C21H30N4O3S/c1-21(2,3)11-19-23-17-10-15(6-7-18(17)25(19)12-14-4-5-14)29(27,28)16-8-9-24(13-16)20(22)26/h6-7,10,14,16H,4-5,8-9,11-13H2,1-3H3,(H2,22,26). The highest BCUT2D eigenvalue weighted by Gasteiger charge is 2.36. The number of hydrogen-bond acceptors (Lipinski definition) is 4. The zero-order valence-electron chi connectivity index (χ0n) is 17.4. The Balaban J connectivity index is 1.69. The van der Waals surface area contributed by atoms with Crippen LogP contribution in [0.15, 0.2) is 23.1 Å². The number of nitrogens with zero attached hydrogens (tertiary/aromatic N) is 3.